The summed E-state index contributed by atoms with van der Waals surface area (Å²) in [5.41, 5.74) is 1.27. The molecule has 1 aliphatic heterocycles. The van der Waals surface area contributed by atoms with E-state index in [0.29, 0.717) is 42.0 Å². The molecule has 1 fully saturated rings. The van der Waals surface area contributed by atoms with Crippen molar-refractivity contribution in [1.82, 2.24) is 15.2 Å². The summed E-state index contributed by atoms with van der Waals surface area (Å²) in [6.45, 7) is 5.79. The van der Waals surface area contributed by atoms with E-state index in [1.54, 1.807) is 24.8 Å². The van der Waals surface area contributed by atoms with E-state index in [4.69, 9.17) is 16.3 Å². The maximum Gasteiger partial charge on any atom is 0.248 e. The topological polar surface area (TPSA) is 94.7 Å². The number of likely N-dealkylation sites (tertiary alicyclic amines) is 1. The van der Waals surface area contributed by atoms with Crippen LogP contribution in [0.5, 0.6) is 0 Å². The Balaban J connectivity index is 1.87. The Labute approximate surface area is 192 Å². The predicted molar refractivity (Wildman–Crippen MR) is 121 cm³/mol. The molecule has 0 bridgehead atoms. The predicted octanol–water partition coefficient (Wildman–Crippen LogP) is 3.03. The van der Waals surface area contributed by atoms with Gasteiger partial charge in [0.15, 0.2) is 0 Å². The third kappa shape index (κ3) is 4.92. The maximum absolute atomic E-state index is 13.6. The van der Waals surface area contributed by atoms with Crippen molar-refractivity contribution in [2.75, 3.05) is 13.7 Å². The highest BCUT2D eigenvalue weighted by Crippen LogP contribution is 2.32. The number of ether oxygens (including phenoxy) is 1. The molecule has 2 heterocycles. The lowest BCUT2D eigenvalue weighted by Crippen LogP contribution is -2.56. The zero-order valence-electron chi connectivity index (χ0n) is 18.8. The van der Waals surface area contributed by atoms with Crippen molar-refractivity contribution in [2.24, 2.45) is 5.92 Å². The summed E-state index contributed by atoms with van der Waals surface area (Å²) in [6, 6.07) is 2.94. The number of H-pyrrole nitrogens is 1. The van der Waals surface area contributed by atoms with Crippen molar-refractivity contribution in [2.45, 2.75) is 64.3 Å². The Morgan fingerprint density at radius 2 is 2.12 bits per heavy atom. The molecule has 176 valence electrons. The number of fused-ring (bicyclic) bond motifs is 1. The second kappa shape index (κ2) is 10.2. The number of carbonyl (C=O) groups excluding carboxylic acids is 2. The molecule has 3 N–H and O–H groups in total. The highest BCUT2D eigenvalue weighted by Gasteiger charge is 2.41. The van der Waals surface area contributed by atoms with Crippen LogP contribution in [0.3, 0.4) is 0 Å². The Morgan fingerprint density at radius 3 is 2.78 bits per heavy atom. The zero-order chi connectivity index (χ0) is 23.6. The smallest absolute Gasteiger partial charge is 0.248 e. The van der Waals surface area contributed by atoms with Crippen LogP contribution in [0.1, 0.15) is 39.2 Å². The van der Waals surface area contributed by atoms with Crippen molar-refractivity contribution >= 4 is 34.3 Å². The molecule has 2 amide bonds. The molecule has 2 aromatic rings. The number of aromatic nitrogens is 1. The van der Waals surface area contributed by atoms with Gasteiger partial charge in [0.1, 0.15) is 17.0 Å². The molecule has 0 spiro atoms. The van der Waals surface area contributed by atoms with Crippen LogP contribution in [-0.4, -0.2) is 64.8 Å². The number of aliphatic hydroxyl groups excluding tert-OH is 1. The van der Waals surface area contributed by atoms with Crippen LogP contribution in [0.15, 0.2) is 18.2 Å². The van der Waals surface area contributed by atoms with E-state index in [0.717, 1.165) is 5.39 Å². The summed E-state index contributed by atoms with van der Waals surface area (Å²) in [5.74, 6) is -1.14. The van der Waals surface area contributed by atoms with Crippen molar-refractivity contribution < 1.29 is 23.8 Å². The molecule has 32 heavy (non-hydrogen) atoms. The number of benzene rings is 1. The van der Waals surface area contributed by atoms with Crippen LogP contribution in [0.4, 0.5) is 4.39 Å². The average Bonchev–Trinajstić information content (AvgIpc) is 3.29. The second-order valence-electron chi connectivity index (χ2n) is 8.50. The summed E-state index contributed by atoms with van der Waals surface area (Å²) in [4.78, 5) is 30.6. The van der Waals surface area contributed by atoms with Crippen LogP contribution < -0.4 is 5.32 Å². The van der Waals surface area contributed by atoms with Gasteiger partial charge in [-0.25, -0.2) is 4.39 Å². The van der Waals surface area contributed by atoms with Crippen molar-refractivity contribution in [3.63, 3.8) is 0 Å². The fraction of sp³-hybridized carbons (Fsp3) is 0.565. The number of hydrogen-bond acceptors (Lipinski definition) is 4. The summed E-state index contributed by atoms with van der Waals surface area (Å²) in [7, 11) is 1.49. The lowest BCUT2D eigenvalue weighted by Gasteiger charge is -2.33. The molecule has 9 heteroatoms. The van der Waals surface area contributed by atoms with Crippen molar-refractivity contribution in [1.29, 1.82) is 0 Å². The molecule has 0 saturated carbocycles. The molecule has 0 unspecified atom stereocenters. The van der Waals surface area contributed by atoms with Gasteiger partial charge in [0.25, 0.3) is 0 Å². The molecule has 1 aromatic heterocycles. The van der Waals surface area contributed by atoms with Gasteiger partial charge in [0.2, 0.25) is 11.8 Å². The SMILES string of the molecule is CC[C@@H](C)C(=O)N[C@H](C(=O)N1CC[C@H](O)[C@H]1Cc1c(Cl)[nH]c2cc(F)ccc12)[C@@H](C)OC. The van der Waals surface area contributed by atoms with E-state index in [9.17, 15) is 19.1 Å². The van der Waals surface area contributed by atoms with Crippen LogP contribution >= 0.6 is 11.6 Å². The number of methoxy groups -OCH3 is 1. The number of aliphatic hydroxyl groups is 1. The normalized spacial score (nSPS) is 21.5. The Kier molecular flexibility index (Phi) is 7.79. The summed E-state index contributed by atoms with van der Waals surface area (Å²) >= 11 is 6.39. The average molecular weight is 468 g/mol. The Morgan fingerprint density at radius 1 is 1.41 bits per heavy atom. The van der Waals surface area contributed by atoms with Crippen molar-refractivity contribution in [3.05, 3.63) is 34.7 Å². The number of hydrogen-bond donors (Lipinski definition) is 3. The molecule has 1 aromatic carbocycles. The van der Waals surface area contributed by atoms with Crippen molar-refractivity contribution in [3.8, 4) is 0 Å². The number of nitrogens with one attached hydrogen (secondary N) is 2. The molecular weight excluding hydrogens is 437 g/mol. The third-order valence-corrected chi connectivity index (χ3v) is 6.81. The monoisotopic (exact) mass is 467 g/mol. The third-order valence-electron chi connectivity index (χ3n) is 6.49. The molecule has 0 aliphatic carbocycles. The Bertz CT molecular complexity index is 982. The number of nitrogens with zero attached hydrogens (tertiary/aromatic N) is 1. The summed E-state index contributed by atoms with van der Waals surface area (Å²) in [5, 5.41) is 14.6. The van der Waals surface area contributed by atoms with E-state index < -0.39 is 24.3 Å². The number of aromatic amines is 1. The largest absolute Gasteiger partial charge is 0.391 e. The van der Waals surface area contributed by atoms with E-state index in [2.05, 4.69) is 10.3 Å². The minimum Gasteiger partial charge on any atom is -0.391 e. The zero-order valence-corrected chi connectivity index (χ0v) is 19.6. The molecule has 5 atom stereocenters. The van der Waals surface area contributed by atoms with E-state index in [1.807, 2.05) is 6.92 Å². The molecule has 0 radical (unpaired) electrons. The quantitative estimate of drug-likeness (QED) is 0.556. The number of amides is 2. The van der Waals surface area contributed by atoms with Gasteiger partial charge in [-0.15, -0.1) is 0 Å². The summed E-state index contributed by atoms with van der Waals surface area (Å²) in [6.07, 6.45) is 0.0693. The molecule has 3 rings (SSSR count). The van der Waals surface area contributed by atoms with E-state index in [1.165, 1.54) is 19.2 Å². The number of carbonyl (C=O) groups is 2. The van der Waals surface area contributed by atoms with Gasteiger partial charge < -0.3 is 25.0 Å². The lowest BCUT2D eigenvalue weighted by molar-refractivity contribution is -0.142. The highest BCUT2D eigenvalue weighted by atomic mass is 35.5. The number of halogens is 2. The van der Waals surface area contributed by atoms with Crippen LogP contribution in [0.2, 0.25) is 5.15 Å². The lowest BCUT2D eigenvalue weighted by atomic mass is 10.00. The Hall–Kier alpha value is -2.16. The minimum absolute atomic E-state index is 0.215. The first-order valence-corrected chi connectivity index (χ1v) is 11.3. The van der Waals surface area contributed by atoms with E-state index in [-0.39, 0.29) is 23.5 Å². The first-order valence-electron chi connectivity index (χ1n) is 10.9. The first kappa shape index (κ1) is 24.5. The van der Waals surface area contributed by atoms with Gasteiger partial charge in [-0.2, -0.15) is 0 Å². The maximum atomic E-state index is 13.6. The second-order valence-corrected chi connectivity index (χ2v) is 8.88. The minimum atomic E-state index is -0.873. The van der Waals surface area contributed by atoms with Gasteiger partial charge >= 0.3 is 0 Å². The van der Waals surface area contributed by atoms with Crippen LogP contribution in [-0.2, 0) is 20.7 Å². The van der Waals surface area contributed by atoms with Gasteiger partial charge in [-0.3, -0.25) is 9.59 Å². The van der Waals surface area contributed by atoms with Gasteiger partial charge in [-0.05, 0) is 49.9 Å². The standard InChI is InChI=1S/C23H31ClFN3O4/c1-5-12(2)22(30)27-20(13(3)32-4)23(31)28-9-8-19(29)18(28)11-16-15-7-6-14(25)10-17(15)26-21(16)24/h6-7,10,12-13,18-20,26,29H,5,8-9,11H2,1-4H3,(H,27,30)/t12-,13-,18-,19+,20+/m1/s1. The molecule has 1 aliphatic rings. The highest BCUT2D eigenvalue weighted by molar-refractivity contribution is 6.31. The fourth-order valence-electron chi connectivity index (χ4n) is 4.14. The number of rotatable bonds is 8. The van der Waals surface area contributed by atoms with Gasteiger partial charge in [-0.1, -0.05) is 25.4 Å². The van der Waals surface area contributed by atoms with Gasteiger partial charge in [0, 0.05) is 30.5 Å². The molecular formula is C23H31ClFN3O4. The van der Waals surface area contributed by atoms with Gasteiger partial charge in [0.05, 0.1) is 18.2 Å². The van der Waals surface area contributed by atoms with Crippen LogP contribution in [0, 0.1) is 11.7 Å². The van der Waals surface area contributed by atoms with Crippen LogP contribution in [0.25, 0.3) is 10.9 Å². The summed E-state index contributed by atoms with van der Waals surface area (Å²) < 4.78 is 19.0. The fourth-order valence-corrected chi connectivity index (χ4v) is 4.42. The first-order chi connectivity index (χ1) is 15.2. The van der Waals surface area contributed by atoms with E-state index >= 15 is 0 Å². The molecule has 7 nitrogen and oxygen atoms in total. The molecule has 1 saturated heterocycles.